The van der Waals surface area contributed by atoms with Gasteiger partial charge >= 0.3 is 0 Å². The summed E-state index contributed by atoms with van der Waals surface area (Å²) in [5.41, 5.74) is 28.3. The number of benzene rings is 2. The quantitative estimate of drug-likeness (QED) is 0.0146. The highest BCUT2D eigenvalue weighted by molar-refractivity contribution is 8.76. The molecule has 0 bridgehead atoms. The molecule has 530 valence electrons. The highest BCUT2D eigenvalue weighted by atomic mass is 33.1. The van der Waals surface area contributed by atoms with Crippen LogP contribution in [0, 0.1) is 0 Å². The van der Waals surface area contributed by atoms with E-state index < -0.39 is 176 Å². The molecule has 35 heteroatoms. The number of carbonyl (C=O) groups excluding carboxylic acids is 12. The number of likely N-dealkylation sites (tertiary alicyclic amines) is 1. The molecule has 3 aliphatic heterocycles. The van der Waals surface area contributed by atoms with Crippen molar-refractivity contribution in [3.8, 4) is 5.75 Å². The van der Waals surface area contributed by atoms with E-state index in [4.69, 9.17) is 38.1 Å². The molecule has 0 saturated carbocycles. The molecule has 3 unspecified atom stereocenters. The Balaban J connectivity index is 1.46. The average molecular weight is 1390 g/mol. The van der Waals surface area contributed by atoms with Gasteiger partial charge in [0.05, 0.1) is 25.7 Å². The van der Waals surface area contributed by atoms with Crippen molar-refractivity contribution >= 4 is 98.4 Å². The largest absolute Gasteiger partial charge is 0.508 e. The van der Waals surface area contributed by atoms with E-state index in [1.807, 2.05) is 0 Å². The summed E-state index contributed by atoms with van der Waals surface area (Å²) in [5, 5.41) is 60.4. The maximum absolute atomic E-state index is 15.0. The van der Waals surface area contributed by atoms with Gasteiger partial charge in [-0.05, 0) is 68.2 Å². The highest BCUT2D eigenvalue weighted by Gasteiger charge is 2.42. The smallest absolute Gasteiger partial charge is 0.246 e. The number of guanidine groups is 1. The Morgan fingerprint density at radius 3 is 1.95 bits per heavy atom. The fourth-order valence-electron chi connectivity index (χ4n) is 10.6. The van der Waals surface area contributed by atoms with Crippen LogP contribution in [0.25, 0.3) is 0 Å². The molecule has 3 fully saturated rings. The molecule has 0 aromatic heterocycles. The van der Waals surface area contributed by atoms with E-state index in [2.05, 4.69) is 47.5 Å². The van der Waals surface area contributed by atoms with E-state index in [9.17, 15) is 78.0 Å². The van der Waals surface area contributed by atoms with Gasteiger partial charge in [0.25, 0.3) is 0 Å². The van der Waals surface area contributed by atoms with Gasteiger partial charge in [0.1, 0.15) is 66.3 Å². The van der Waals surface area contributed by atoms with Gasteiger partial charge in [-0.1, -0.05) is 89.7 Å². The van der Waals surface area contributed by atoms with Crippen LogP contribution in [0.3, 0.4) is 0 Å². The van der Waals surface area contributed by atoms with Crippen molar-refractivity contribution in [1.29, 1.82) is 0 Å². The minimum Gasteiger partial charge on any atom is -0.508 e. The molecule has 3 aliphatic rings. The first-order valence-corrected chi connectivity index (χ1v) is 34.2. The lowest BCUT2D eigenvalue weighted by Gasteiger charge is -2.36. The van der Waals surface area contributed by atoms with E-state index in [1.54, 1.807) is 30.3 Å². The molecule has 22 N–H and O–H groups in total. The van der Waals surface area contributed by atoms with Crippen LogP contribution in [0.4, 0.5) is 0 Å². The molecule has 0 spiro atoms. The Labute approximate surface area is 562 Å². The Morgan fingerprint density at radius 2 is 1.30 bits per heavy atom. The number of unbranched alkanes of at least 4 members (excludes halogenated alkanes) is 5. The maximum atomic E-state index is 15.0. The summed E-state index contributed by atoms with van der Waals surface area (Å²) in [7, 11) is 1.90. The molecule has 33 nitrogen and oxygen atoms in total. The van der Waals surface area contributed by atoms with Crippen LogP contribution in [0.2, 0.25) is 0 Å². The van der Waals surface area contributed by atoms with E-state index in [0.717, 1.165) is 45.8 Å². The first-order valence-electron chi connectivity index (χ1n) is 31.7. The first-order chi connectivity index (χ1) is 45.8. The van der Waals surface area contributed by atoms with Crippen molar-refractivity contribution in [2.24, 2.45) is 33.7 Å². The normalized spacial score (nSPS) is 24.3. The van der Waals surface area contributed by atoms with Gasteiger partial charge in [0.2, 0.25) is 70.9 Å². The number of aliphatic hydroxyl groups is 3. The summed E-state index contributed by atoms with van der Waals surface area (Å²) in [6.07, 6.45) is -2.04. The maximum Gasteiger partial charge on any atom is 0.246 e. The number of rotatable bonds is 31. The predicted octanol–water partition coefficient (Wildman–Crippen LogP) is -4.67. The Morgan fingerprint density at radius 1 is 0.698 bits per heavy atom. The third kappa shape index (κ3) is 27.4. The third-order valence-electron chi connectivity index (χ3n) is 15.8. The highest BCUT2D eigenvalue weighted by Crippen LogP contribution is 2.27. The second kappa shape index (κ2) is 40.9. The predicted molar refractivity (Wildman–Crippen MR) is 350 cm³/mol. The van der Waals surface area contributed by atoms with Gasteiger partial charge in [-0.15, -0.1) is 0 Å². The number of hydrogen-bond donors (Lipinski definition) is 17. The van der Waals surface area contributed by atoms with Crippen molar-refractivity contribution in [1.82, 2.24) is 47.4 Å². The summed E-state index contributed by atoms with van der Waals surface area (Å²) < 4.78 is 11.2. The fourth-order valence-corrected chi connectivity index (χ4v) is 13.0. The number of nitrogens with one attached hydrogen (secondary N) is 8. The lowest BCUT2D eigenvalue weighted by molar-refractivity contribution is -0.256. The van der Waals surface area contributed by atoms with Crippen molar-refractivity contribution in [2.45, 2.75) is 182 Å². The molecule has 96 heavy (non-hydrogen) atoms. The van der Waals surface area contributed by atoms with Crippen LogP contribution in [-0.2, 0) is 79.8 Å². The van der Waals surface area contributed by atoms with Gasteiger partial charge in [-0.2, -0.15) is 0 Å². The number of phenols is 1. The zero-order valence-electron chi connectivity index (χ0n) is 53.2. The third-order valence-corrected chi connectivity index (χ3v) is 18.2. The SMILES string of the molecule is NC(=O)CCC1NC(=O)[C@H](Cc2ccccc2)NC(=O)C(Cc2ccc(O)cc2)NC(=O)[C@@H](NC(=O)CCCCCCCCO[C@H]2C[C@@H](O)[C@H](O)[C@@H](CO)O2)CSSC[C@@H](C(=O)N2CCC[C@H]2C(=O)N[C@@H](CCCN=C(N)N)C(=O)NCC(N)=O)NC(=O)C(CC(N)=O)NC1=O. The summed E-state index contributed by atoms with van der Waals surface area (Å²) in [5.74, 6) is -11.8. The number of amides is 12. The molecule has 3 saturated heterocycles. The number of nitrogens with two attached hydrogens (primary N) is 5. The van der Waals surface area contributed by atoms with Crippen LogP contribution in [0.1, 0.15) is 107 Å². The number of phenolic OH excluding ortho intramolecular Hbond substituents is 1. The number of nitrogens with zero attached hydrogens (tertiary/aromatic N) is 2. The number of hydrogen-bond acceptors (Lipinski definition) is 21. The molecule has 2 aromatic carbocycles. The molecule has 12 amide bonds. The second-order valence-electron chi connectivity index (χ2n) is 23.4. The van der Waals surface area contributed by atoms with Gasteiger partial charge in [0.15, 0.2) is 12.2 Å². The van der Waals surface area contributed by atoms with Gasteiger partial charge in [0, 0.05) is 63.3 Å². The zero-order chi connectivity index (χ0) is 70.3. The minimum absolute atomic E-state index is 0.0355. The molecular weight excluding hydrogens is 1290 g/mol. The molecule has 0 radical (unpaired) electrons. The zero-order valence-corrected chi connectivity index (χ0v) is 54.8. The Bertz CT molecular complexity index is 2990. The van der Waals surface area contributed by atoms with Gasteiger partial charge < -0.3 is 106 Å². The first kappa shape index (κ1) is 78.3. The summed E-state index contributed by atoms with van der Waals surface area (Å²) >= 11 is 0. The molecule has 12 atom stereocenters. The average Bonchev–Trinajstić information content (AvgIpc) is 1.59. The van der Waals surface area contributed by atoms with E-state index in [-0.39, 0.29) is 87.7 Å². The summed E-state index contributed by atoms with van der Waals surface area (Å²) in [6.45, 7) is -0.747. The number of carbonyl (C=O) groups is 12. The van der Waals surface area contributed by atoms with Crippen molar-refractivity contribution in [3.05, 3.63) is 65.7 Å². The van der Waals surface area contributed by atoms with Crippen LogP contribution in [-0.4, -0.2) is 219 Å². The summed E-state index contributed by atoms with van der Waals surface area (Å²) in [6, 6.07) is 1.95. The molecule has 0 aliphatic carbocycles. The van der Waals surface area contributed by atoms with Crippen LogP contribution >= 0.6 is 21.6 Å². The molecule has 5 rings (SSSR count). The lowest BCUT2D eigenvalue weighted by atomic mass is 10.0. The van der Waals surface area contributed by atoms with Crippen LogP contribution in [0.5, 0.6) is 5.75 Å². The Kier molecular flexibility index (Phi) is 33.4. The number of aromatic hydroxyl groups is 1. The molecule has 3 heterocycles. The topological polar surface area (TPSA) is 546 Å². The Hall–Kier alpha value is -8.35. The second-order valence-corrected chi connectivity index (χ2v) is 26.0. The summed E-state index contributed by atoms with van der Waals surface area (Å²) in [4.78, 5) is 171. The monoisotopic (exact) mass is 1390 g/mol. The fraction of sp³-hybridized carbons (Fsp3) is 0.590. The van der Waals surface area contributed by atoms with Gasteiger partial charge in [-0.25, -0.2) is 0 Å². The lowest BCUT2D eigenvalue weighted by Crippen LogP contribution is -2.61. The van der Waals surface area contributed by atoms with E-state index >= 15 is 0 Å². The van der Waals surface area contributed by atoms with Crippen molar-refractivity contribution in [2.75, 3.05) is 44.4 Å². The number of aliphatic hydroxyl groups excluding tert-OH is 3. The minimum atomic E-state index is -1.86. The van der Waals surface area contributed by atoms with Gasteiger partial charge in [-0.3, -0.25) is 62.5 Å². The van der Waals surface area contributed by atoms with Crippen molar-refractivity contribution in [3.63, 3.8) is 0 Å². The molecule has 2 aromatic rings. The van der Waals surface area contributed by atoms with Crippen molar-refractivity contribution < 1.29 is 87.4 Å². The number of ether oxygens (including phenoxy) is 2. The van der Waals surface area contributed by atoms with Crippen LogP contribution < -0.4 is 71.2 Å². The number of primary amides is 3. The number of aliphatic imine (C=N–C) groups is 1. The standard InChI is InChI=1S/C61H91N15O18S2/c62-47(80)22-21-38-54(86)74-41(28-48(63)81)57(89)75-43(60(92)76-24-11-15-44(76)59(91)71-37(14-10-23-67-61(65)66)53(85)68-30-49(64)82)33-96-95-32-42(69-50(83)16-8-3-1-2-4-9-25-93-51-29-45(79)52(84)46(31-77)94-51)58(90)73-40(27-35-17-19-36(78)20-18-35)56(88)72-39(55(87)70-38)26-34-12-6-5-7-13-34/h5-7,12-13,17-20,37-46,51-52,77-79,84H,1-4,8-11,14-16,21-33H2,(H2,62,80)(H2,63,81)(H2,64,82)(H,68,85)(H,69,83)(H,70,87)(H,71,91)(H,72,88)(H,73,90)(H,74,86)(H,75,89)(H4,65,66,67)/t37-,38?,39-,40?,41?,42-,43-,44-,45+,46+,51+,52-/m0/s1. The van der Waals surface area contributed by atoms with E-state index in [0.29, 0.717) is 37.0 Å². The van der Waals surface area contributed by atoms with Crippen LogP contribution in [0.15, 0.2) is 59.6 Å². The van der Waals surface area contributed by atoms with E-state index in [1.165, 1.54) is 24.3 Å². The molecular formula is C61H91N15O18S2.